The third-order valence-corrected chi connectivity index (χ3v) is 3.38. The van der Waals surface area contributed by atoms with Crippen LogP contribution in [0.5, 0.6) is 0 Å². The van der Waals surface area contributed by atoms with Crippen molar-refractivity contribution in [2.75, 3.05) is 26.7 Å². The molecule has 2 rings (SSSR count). The lowest BCUT2D eigenvalue weighted by Crippen LogP contribution is -2.46. The van der Waals surface area contributed by atoms with Crippen molar-refractivity contribution in [3.05, 3.63) is 18.7 Å². The molecule has 0 saturated carbocycles. The molecule has 2 heterocycles. The van der Waals surface area contributed by atoms with Crippen LogP contribution >= 0.6 is 0 Å². The quantitative estimate of drug-likeness (QED) is 0.605. The minimum Gasteiger partial charge on any atom is -0.373 e. The van der Waals surface area contributed by atoms with E-state index in [1.807, 2.05) is 17.1 Å². The number of guanidine groups is 1. The number of hydrogen-bond donors (Lipinski definition) is 2. The highest BCUT2D eigenvalue weighted by molar-refractivity contribution is 5.79. The molecule has 0 radical (unpaired) electrons. The average molecular weight is 265 g/mol. The molecule has 1 aliphatic rings. The van der Waals surface area contributed by atoms with E-state index >= 15 is 0 Å². The van der Waals surface area contributed by atoms with Gasteiger partial charge in [0.15, 0.2) is 5.96 Å². The molecule has 0 spiro atoms. The smallest absolute Gasteiger partial charge is 0.191 e. The largest absolute Gasteiger partial charge is 0.373 e. The van der Waals surface area contributed by atoms with E-state index in [0.29, 0.717) is 0 Å². The van der Waals surface area contributed by atoms with E-state index in [1.54, 1.807) is 13.2 Å². The van der Waals surface area contributed by atoms with E-state index in [9.17, 15) is 0 Å². The van der Waals surface area contributed by atoms with Crippen LogP contribution in [-0.4, -0.2) is 47.9 Å². The van der Waals surface area contributed by atoms with Crippen LogP contribution in [0.1, 0.15) is 19.8 Å². The van der Waals surface area contributed by atoms with Crippen molar-refractivity contribution >= 4 is 5.96 Å². The average Bonchev–Trinajstić information content (AvgIpc) is 3.06. The van der Waals surface area contributed by atoms with E-state index in [1.165, 1.54) is 0 Å². The Morgan fingerprint density at radius 2 is 2.42 bits per heavy atom. The summed E-state index contributed by atoms with van der Waals surface area (Å²) in [4.78, 5) is 8.22. The van der Waals surface area contributed by atoms with Gasteiger partial charge in [-0.1, -0.05) is 0 Å². The molecule has 0 amide bonds. The van der Waals surface area contributed by atoms with Crippen molar-refractivity contribution in [3.8, 4) is 0 Å². The van der Waals surface area contributed by atoms with Gasteiger partial charge in [-0.25, -0.2) is 4.98 Å². The number of rotatable bonds is 5. The van der Waals surface area contributed by atoms with E-state index in [2.05, 4.69) is 27.5 Å². The van der Waals surface area contributed by atoms with Gasteiger partial charge in [0.25, 0.3) is 0 Å². The number of aliphatic imine (C=N–C) groups is 1. The maximum absolute atomic E-state index is 5.74. The summed E-state index contributed by atoms with van der Waals surface area (Å²) in [6.45, 7) is 5.48. The molecule has 1 atom stereocenters. The SMILES string of the molecule is CN=C(NCCn1ccnc1)NCC1(C)CCCO1. The summed E-state index contributed by atoms with van der Waals surface area (Å²) in [6, 6.07) is 0. The van der Waals surface area contributed by atoms with Gasteiger partial charge in [-0.15, -0.1) is 0 Å². The number of ether oxygens (including phenoxy) is 1. The van der Waals surface area contributed by atoms with Crippen molar-refractivity contribution in [2.24, 2.45) is 4.99 Å². The first-order chi connectivity index (χ1) is 9.22. The first kappa shape index (κ1) is 13.9. The van der Waals surface area contributed by atoms with Gasteiger partial charge >= 0.3 is 0 Å². The van der Waals surface area contributed by atoms with Gasteiger partial charge in [0.1, 0.15) is 0 Å². The summed E-state index contributed by atoms with van der Waals surface area (Å²) in [7, 11) is 1.78. The molecule has 1 unspecified atom stereocenters. The van der Waals surface area contributed by atoms with Crippen molar-refractivity contribution in [1.82, 2.24) is 20.2 Å². The highest BCUT2D eigenvalue weighted by Crippen LogP contribution is 2.23. The Labute approximate surface area is 114 Å². The fraction of sp³-hybridized carbons (Fsp3) is 0.692. The topological polar surface area (TPSA) is 63.5 Å². The van der Waals surface area contributed by atoms with Crippen LogP contribution in [0.4, 0.5) is 0 Å². The lowest BCUT2D eigenvalue weighted by atomic mass is 10.0. The Hall–Kier alpha value is -1.56. The summed E-state index contributed by atoms with van der Waals surface area (Å²) in [5.74, 6) is 0.817. The summed E-state index contributed by atoms with van der Waals surface area (Å²) >= 11 is 0. The number of nitrogens with zero attached hydrogens (tertiary/aromatic N) is 3. The van der Waals surface area contributed by atoms with Crippen LogP contribution in [0.2, 0.25) is 0 Å². The van der Waals surface area contributed by atoms with E-state index < -0.39 is 0 Å². The monoisotopic (exact) mass is 265 g/mol. The molecule has 1 aromatic rings. The highest BCUT2D eigenvalue weighted by atomic mass is 16.5. The molecule has 0 aromatic carbocycles. The van der Waals surface area contributed by atoms with E-state index in [4.69, 9.17) is 4.74 Å². The van der Waals surface area contributed by atoms with E-state index in [0.717, 1.165) is 45.0 Å². The molecule has 2 N–H and O–H groups in total. The van der Waals surface area contributed by atoms with Gasteiger partial charge in [-0.3, -0.25) is 4.99 Å². The highest BCUT2D eigenvalue weighted by Gasteiger charge is 2.29. The van der Waals surface area contributed by atoms with Crippen molar-refractivity contribution < 1.29 is 4.74 Å². The van der Waals surface area contributed by atoms with Crippen LogP contribution in [0.15, 0.2) is 23.7 Å². The molecular formula is C13H23N5O. The standard InChI is InChI=1S/C13H23N5O/c1-13(4-3-9-19-13)10-17-12(14-2)16-6-8-18-7-5-15-11-18/h5,7,11H,3-4,6,8-10H2,1-2H3,(H2,14,16,17). The van der Waals surface area contributed by atoms with Crippen LogP contribution in [0.3, 0.4) is 0 Å². The van der Waals surface area contributed by atoms with Gasteiger partial charge < -0.3 is 19.9 Å². The normalized spacial score (nSPS) is 23.6. The third kappa shape index (κ3) is 4.24. The number of imidazole rings is 1. The van der Waals surface area contributed by atoms with Crippen LogP contribution in [-0.2, 0) is 11.3 Å². The Balaban J connectivity index is 1.68. The Morgan fingerprint density at radius 1 is 1.53 bits per heavy atom. The molecule has 1 aliphatic heterocycles. The zero-order valence-corrected chi connectivity index (χ0v) is 11.7. The summed E-state index contributed by atoms with van der Waals surface area (Å²) < 4.78 is 7.77. The van der Waals surface area contributed by atoms with Crippen LogP contribution < -0.4 is 10.6 Å². The first-order valence-corrected chi connectivity index (χ1v) is 6.76. The van der Waals surface area contributed by atoms with Crippen molar-refractivity contribution in [2.45, 2.75) is 31.9 Å². The fourth-order valence-corrected chi connectivity index (χ4v) is 2.19. The molecule has 1 aromatic heterocycles. The predicted octanol–water partition coefficient (Wildman–Crippen LogP) is 0.617. The first-order valence-electron chi connectivity index (χ1n) is 6.76. The summed E-state index contributed by atoms with van der Waals surface area (Å²) in [5, 5.41) is 6.60. The zero-order valence-electron chi connectivity index (χ0n) is 11.7. The Kier molecular flexibility index (Phi) is 4.79. The minimum absolute atomic E-state index is 0.0536. The zero-order chi connectivity index (χ0) is 13.6. The molecule has 0 aliphatic carbocycles. The van der Waals surface area contributed by atoms with Crippen LogP contribution in [0, 0.1) is 0 Å². The second-order valence-corrected chi connectivity index (χ2v) is 5.05. The molecule has 106 valence electrons. The molecule has 6 nitrogen and oxygen atoms in total. The van der Waals surface area contributed by atoms with Gasteiger partial charge in [-0.05, 0) is 19.8 Å². The van der Waals surface area contributed by atoms with Gasteiger partial charge in [0.05, 0.1) is 11.9 Å². The Bertz CT molecular complexity index is 395. The van der Waals surface area contributed by atoms with Gasteiger partial charge in [-0.2, -0.15) is 0 Å². The molecular weight excluding hydrogens is 242 g/mol. The van der Waals surface area contributed by atoms with Crippen LogP contribution in [0.25, 0.3) is 0 Å². The number of aromatic nitrogens is 2. The number of hydrogen-bond acceptors (Lipinski definition) is 3. The second kappa shape index (κ2) is 6.56. The summed E-state index contributed by atoms with van der Waals surface area (Å²) in [6.07, 6.45) is 7.79. The second-order valence-electron chi connectivity index (χ2n) is 5.05. The fourth-order valence-electron chi connectivity index (χ4n) is 2.19. The minimum atomic E-state index is -0.0536. The summed E-state index contributed by atoms with van der Waals surface area (Å²) in [5.41, 5.74) is -0.0536. The number of nitrogens with one attached hydrogen (secondary N) is 2. The molecule has 1 fully saturated rings. The maximum atomic E-state index is 5.74. The van der Waals surface area contributed by atoms with Crippen molar-refractivity contribution in [3.63, 3.8) is 0 Å². The predicted molar refractivity (Wildman–Crippen MR) is 75.2 cm³/mol. The molecule has 1 saturated heterocycles. The van der Waals surface area contributed by atoms with E-state index in [-0.39, 0.29) is 5.60 Å². The lowest BCUT2D eigenvalue weighted by Gasteiger charge is -2.24. The van der Waals surface area contributed by atoms with Crippen molar-refractivity contribution in [1.29, 1.82) is 0 Å². The van der Waals surface area contributed by atoms with Gasteiger partial charge in [0.2, 0.25) is 0 Å². The molecule has 6 heteroatoms. The van der Waals surface area contributed by atoms with Gasteiger partial charge in [0, 0.05) is 45.7 Å². The Morgan fingerprint density at radius 3 is 3.05 bits per heavy atom. The molecule has 0 bridgehead atoms. The maximum Gasteiger partial charge on any atom is 0.191 e. The molecule has 19 heavy (non-hydrogen) atoms. The third-order valence-electron chi connectivity index (χ3n) is 3.38. The lowest BCUT2D eigenvalue weighted by molar-refractivity contribution is 0.0243.